The van der Waals surface area contributed by atoms with Crippen LogP contribution in [0.2, 0.25) is 0 Å². The summed E-state index contributed by atoms with van der Waals surface area (Å²) in [5.74, 6) is 0. The molecule has 0 atom stereocenters. The number of rotatable bonds is 2. The fourth-order valence-corrected chi connectivity index (χ4v) is 2.03. The fraction of sp³-hybridized carbons (Fsp3) is 0.300. The summed E-state index contributed by atoms with van der Waals surface area (Å²) in [6.07, 6.45) is 3.81. The fourth-order valence-electron chi connectivity index (χ4n) is 2.03. The predicted octanol–water partition coefficient (Wildman–Crippen LogP) is 7.12. The van der Waals surface area contributed by atoms with E-state index in [4.69, 9.17) is 0 Å². The molecule has 2 aromatic rings. The van der Waals surface area contributed by atoms with Gasteiger partial charge in [0.1, 0.15) is 0 Å². The third kappa shape index (κ3) is 4.38. The van der Waals surface area contributed by atoms with Crippen LogP contribution in [0.15, 0.2) is 43.5 Å². The molecule has 0 fully saturated rings. The first-order valence-electron chi connectivity index (χ1n) is 7.05. The molecule has 0 bridgehead atoms. The zero-order valence-corrected chi connectivity index (χ0v) is 13.0. The Morgan fingerprint density at radius 1 is 0.850 bits per heavy atom. The van der Waals surface area contributed by atoms with Crippen molar-refractivity contribution >= 4 is 22.9 Å². The molecule has 0 unspecified atom stereocenters. The van der Waals surface area contributed by atoms with Crippen molar-refractivity contribution in [3.05, 3.63) is 60.2 Å². The Morgan fingerprint density at radius 3 is 1.85 bits per heavy atom. The Kier molecular flexibility index (Phi) is 11.3. The van der Waals surface area contributed by atoms with Crippen molar-refractivity contribution in [1.82, 2.24) is 0 Å². The smallest absolute Gasteiger partial charge is 0.0105 e. The van der Waals surface area contributed by atoms with Gasteiger partial charge in [-0.1, -0.05) is 90.8 Å². The molecule has 0 aromatic heterocycles. The number of aryl methyl sites for hydroxylation is 1. The van der Waals surface area contributed by atoms with E-state index in [9.17, 15) is 0 Å². The maximum atomic E-state index is 3.88. The first-order valence-corrected chi connectivity index (χ1v) is 7.05. The summed E-state index contributed by atoms with van der Waals surface area (Å²) in [7, 11) is 0. The minimum absolute atomic E-state index is 0. The van der Waals surface area contributed by atoms with Gasteiger partial charge in [0, 0.05) is 0 Å². The summed E-state index contributed by atoms with van der Waals surface area (Å²) >= 11 is 0. The van der Waals surface area contributed by atoms with Gasteiger partial charge in [0.05, 0.1) is 0 Å². The van der Waals surface area contributed by atoms with Crippen LogP contribution in [0.25, 0.3) is 22.9 Å². The quantitative estimate of drug-likeness (QED) is 0.545. The van der Waals surface area contributed by atoms with E-state index in [0.29, 0.717) is 0 Å². The van der Waals surface area contributed by atoms with Gasteiger partial charge in [-0.25, -0.2) is 0 Å². The van der Waals surface area contributed by atoms with Crippen molar-refractivity contribution < 1.29 is 0 Å². The Labute approximate surface area is 125 Å². The molecule has 0 N–H and O–H groups in total. The number of fused-ring (bicyclic) bond motifs is 1. The summed E-state index contributed by atoms with van der Waals surface area (Å²) in [5, 5.41) is 2.50. The van der Waals surface area contributed by atoms with E-state index in [0.717, 1.165) is 0 Å². The van der Waals surface area contributed by atoms with Gasteiger partial charge in [-0.05, 0) is 34.4 Å². The van der Waals surface area contributed by atoms with E-state index in [1.165, 1.54) is 27.5 Å². The first kappa shape index (κ1) is 20.5. The molecule has 0 heterocycles. The highest BCUT2D eigenvalue weighted by molar-refractivity contribution is 5.94. The maximum Gasteiger partial charge on any atom is -0.0105 e. The predicted molar refractivity (Wildman–Crippen MR) is 98.3 cm³/mol. The van der Waals surface area contributed by atoms with Crippen LogP contribution in [0.5, 0.6) is 0 Å². The van der Waals surface area contributed by atoms with Gasteiger partial charge < -0.3 is 0 Å². The van der Waals surface area contributed by atoms with Crippen molar-refractivity contribution in [2.45, 2.75) is 42.0 Å². The third-order valence-electron chi connectivity index (χ3n) is 2.75. The van der Waals surface area contributed by atoms with E-state index in [2.05, 4.69) is 50.4 Å². The van der Waals surface area contributed by atoms with Crippen LogP contribution >= 0.6 is 0 Å². The minimum Gasteiger partial charge on any atom is -0.0984 e. The Hall–Kier alpha value is -1.82. The lowest BCUT2D eigenvalue weighted by atomic mass is 9.95. The van der Waals surface area contributed by atoms with E-state index >= 15 is 0 Å². The molecule has 0 saturated heterocycles. The summed E-state index contributed by atoms with van der Waals surface area (Å²) < 4.78 is 0. The van der Waals surface area contributed by atoms with Crippen LogP contribution in [-0.2, 0) is 0 Å². The van der Waals surface area contributed by atoms with Crippen molar-refractivity contribution in [3.8, 4) is 0 Å². The van der Waals surface area contributed by atoms with Crippen LogP contribution in [0.4, 0.5) is 0 Å². The molecule has 0 heteroatoms. The molecule has 20 heavy (non-hydrogen) atoms. The molecule has 0 aliphatic rings. The summed E-state index contributed by atoms with van der Waals surface area (Å²) in [4.78, 5) is 0. The largest absolute Gasteiger partial charge is 0.0984 e. The minimum atomic E-state index is 0. The molecular formula is C20H30. The van der Waals surface area contributed by atoms with Gasteiger partial charge >= 0.3 is 0 Å². The van der Waals surface area contributed by atoms with E-state index in [1.54, 1.807) is 0 Å². The summed E-state index contributed by atoms with van der Waals surface area (Å²) in [6, 6.07) is 10.6. The molecule has 2 aromatic carbocycles. The number of benzene rings is 2. The molecule has 2 rings (SSSR count). The highest BCUT2D eigenvalue weighted by atomic mass is 14.1. The van der Waals surface area contributed by atoms with Gasteiger partial charge in [-0.15, -0.1) is 0 Å². The number of hydrogen-bond donors (Lipinski definition) is 0. The highest BCUT2D eigenvalue weighted by Crippen LogP contribution is 2.27. The van der Waals surface area contributed by atoms with Gasteiger partial charge in [0.2, 0.25) is 0 Å². The van der Waals surface area contributed by atoms with Crippen molar-refractivity contribution in [1.29, 1.82) is 0 Å². The number of hydrogen-bond acceptors (Lipinski definition) is 0. The highest BCUT2D eigenvalue weighted by Gasteiger charge is 2.05. The topological polar surface area (TPSA) is 0 Å². The molecule has 110 valence electrons. The monoisotopic (exact) mass is 270 g/mol. The van der Waals surface area contributed by atoms with Gasteiger partial charge in [-0.2, -0.15) is 0 Å². The zero-order valence-electron chi connectivity index (χ0n) is 13.0. The first-order chi connectivity index (χ1) is 9.27. The van der Waals surface area contributed by atoms with Gasteiger partial charge in [0.25, 0.3) is 0 Å². The molecular weight excluding hydrogens is 240 g/mol. The van der Waals surface area contributed by atoms with E-state index in [-0.39, 0.29) is 7.43 Å². The van der Waals surface area contributed by atoms with Crippen LogP contribution in [-0.4, -0.2) is 0 Å². The van der Waals surface area contributed by atoms with Crippen LogP contribution in [0.3, 0.4) is 0 Å². The lowest BCUT2D eigenvalue weighted by Crippen LogP contribution is -1.88. The molecule has 0 amide bonds. The van der Waals surface area contributed by atoms with Gasteiger partial charge in [0.15, 0.2) is 0 Å². The Balaban J connectivity index is 0. The van der Waals surface area contributed by atoms with Crippen LogP contribution < -0.4 is 0 Å². The van der Waals surface area contributed by atoms with Gasteiger partial charge in [-0.3, -0.25) is 0 Å². The lowest BCUT2D eigenvalue weighted by Gasteiger charge is -2.10. The van der Waals surface area contributed by atoms with Crippen LogP contribution in [0, 0.1) is 6.92 Å². The average molecular weight is 270 g/mol. The Morgan fingerprint density at radius 2 is 1.35 bits per heavy atom. The second kappa shape index (κ2) is 11.0. The Bertz CT molecular complexity index is 533. The second-order valence-corrected chi connectivity index (χ2v) is 3.65. The maximum absolute atomic E-state index is 3.88. The molecule has 0 spiro atoms. The molecule has 0 aliphatic heterocycles. The van der Waals surface area contributed by atoms with Crippen molar-refractivity contribution in [2.24, 2.45) is 0 Å². The van der Waals surface area contributed by atoms with Crippen LogP contribution in [0.1, 0.15) is 51.8 Å². The molecule has 0 nitrogen and oxygen atoms in total. The SMILES string of the molecule is C.C=Cc1c(C)cc2ccccc2c1C=C.CC.CC. The second-order valence-electron chi connectivity index (χ2n) is 3.65. The van der Waals surface area contributed by atoms with E-state index in [1.807, 2.05) is 39.8 Å². The molecule has 0 aliphatic carbocycles. The summed E-state index contributed by atoms with van der Waals surface area (Å²) in [5.41, 5.74) is 3.61. The summed E-state index contributed by atoms with van der Waals surface area (Å²) in [6.45, 7) is 17.8. The third-order valence-corrected chi connectivity index (χ3v) is 2.75. The normalized spacial score (nSPS) is 8.25. The average Bonchev–Trinajstić information content (AvgIpc) is 2.49. The van der Waals surface area contributed by atoms with Crippen molar-refractivity contribution in [2.75, 3.05) is 0 Å². The zero-order chi connectivity index (χ0) is 14.8. The van der Waals surface area contributed by atoms with Crippen molar-refractivity contribution in [3.63, 3.8) is 0 Å². The van der Waals surface area contributed by atoms with E-state index < -0.39 is 0 Å². The standard InChI is InChI=1S/C15H14.2C2H6.CH4/c1-4-13-11(3)10-12-8-6-7-9-15(12)14(13)5-2;2*1-2;/h4-10H,1-2H2,3H3;2*1-2H3;1H4. The molecule has 0 saturated carbocycles. The lowest BCUT2D eigenvalue weighted by molar-refractivity contribution is 1.46. The molecule has 0 radical (unpaired) electrons.